The molecule has 0 spiro atoms. The third-order valence-corrected chi connectivity index (χ3v) is 5.35. The molecule has 3 heterocycles. The predicted octanol–water partition coefficient (Wildman–Crippen LogP) is 3.28. The summed E-state index contributed by atoms with van der Waals surface area (Å²) < 4.78 is 17.9. The third kappa shape index (κ3) is 3.88. The second-order valence-corrected chi connectivity index (χ2v) is 7.07. The highest BCUT2D eigenvalue weighted by Gasteiger charge is 2.28. The van der Waals surface area contributed by atoms with Crippen LogP contribution in [-0.2, 0) is 4.74 Å². The van der Waals surface area contributed by atoms with Crippen LogP contribution in [-0.4, -0.2) is 47.7 Å². The Bertz CT molecular complexity index is 1030. The zero-order chi connectivity index (χ0) is 20.4. The van der Waals surface area contributed by atoms with Gasteiger partial charge >= 0.3 is 0 Å². The Balaban J connectivity index is 1.62. The first kappa shape index (κ1) is 19.2. The molecule has 2 atom stereocenters. The number of amides is 1. The summed E-state index contributed by atoms with van der Waals surface area (Å²) in [4.78, 5) is 21.8. The fourth-order valence-corrected chi connectivity index (χ4v) is 3.78. The standard InChI is InChI=1S/C21H24N4O4/c1-27-14-8-7-13(9-14)16-12-25-11-15(17(28-2)10-19(25)22-16)21(26)24-18-5-4-6-20(23-18)29-3/h4-6,10-14H,7-9H2,1-3H3,(H,23,24,26). The molecule has 29 heavy (non-hydrogen) atoms. The number of anilines is 1. The molecule has 2 unspecified atom stereocenters. The molecule has 3 aromatic rings. The first-order valence-corrected chi connectivity index (χ1v) is 9.53. The van der Waals surface area contributed by atoms with E-state index in [9.17, 15) is 4.79 Å². The van der Waals surface area contributed by atoms with Crippen molar-refractivity contribution in [2.45, 2.75) is 31.3 Å². The lowest BCUT2D eigenvalue weighted by Crippen LogP contribution is -2.15. The largest absolute Gasteiger partial charge is 0.496 e. The maximum atomic E-state index is 12.9. The summed E-state index contributed by atoms with van der Waals surface area (Å²) in [5.74, 6) is 1.33. The number of carbonyl (C=O) groups is 1. The van der Waals surface area contributed by atoms with E-state index < -0.39 is 0 Å². The van der Waals surface area contributed by atoms with Crippen LogP contribution < -0.4 is 14.8 Å². The molecule has 3 aromatic heterocycles. The van der Waals surface area contributed by atoms with Gasteiger partial charge in [-0.25, -0.2) is 4.98 Å². The molecule has 1 N–H and O–H groups in total. The molecule has 1 aliphatic rings. The average molecular weight is 396 g/mol. The van der Waals surface area contributed by atoms with Crippen molar-refractivity contribution in [3.05, 3.63) is 47.9 Å². The molecule has 1 fully saturated rings. The molecule has 8 heteroatoms. The second kappa shape index (κ2) is 8.08. The van der Waals surface area contributed by atoms with Gasteiger partial charge in [-0.1, -0.05) is 6.07 Å². The fraction of sp³-hybridized carbons (Fsp3) is 0.381. The number of imidazole rings is 1. The molecule has 0 bridgehead atoms. The lowest BCUT2D eigenvalue weighted by atomic mass is 10.1. The van der Waals surface area contributed by atoms with E-state index >= 15 is 0 Å². The Hall–Kier alpha value is -3.13. The highest BCUT2D eigenvalue weighted by molar-refractivity contribution is 6.05. The van der Waals surface area contributed by atoms with Crippen molar-refractivity contribution >= 4 is 17.4 Å². The van der Waals surface area contributed by atoms with Crippen molar-refractivity contribution in [2.24, 2.45) is 0 Å². The molecule has 8 nitrogen and oxygen atoms in total. The van der Waals surface area contributed by atoms with E-state index in [-0.39, 0.29) is 12.0 Å². The first-order valence-electron chi connectivity index (χ1n) is 9.53. The van der Waals surface area contributed by atoms with E-state index in [1.54, 1.807) is 37.6 Å². The zero-order valence-corrected chi connectivity index (χ0v) is 16.7. The van der Waals surface area contributed by atoms with Crippen molar-refractivity contribution in [1.82, 2.24) is 14.4 Å². The van der Waals surface area contributed by atoms with Gasteiger partial charge in [-0.15, -0.1) is 0 Å². The van der Waals surface area contributed by atoms with Gasteiger partial charge in [0.1, 0.15) is 17.2 Å². The Morgan fingerprint density at radius 2 is 2.00 bits per heavy atom. The van der Waals surface area contributed by atoms with Crippen LogP contribution in [0.1, 0.15) is 41.2 Å². The number of pyridine rings is 2. The molecule has 0 radical (unpaired) electrons. The van der Waals surface area contributed by atoms with E-state index in [4.69, 9.17) is 19.2 Å². The maximum Gasteiger partial charge on any atom is 0.262 e. The minimum atomic E-state index is -0.319. The van der Waals surface area contributed by atoms with Gasteiger partial charge in [0.2, 0.25) is 5.88 Å². The van der Waals surface area contributed by atoms with E-state index in [1.807, 2.05) is 10.6 Å². The van der Waals surface area contributed by atoms with Crippen LogP contribution in [0.15, 0.2) is 36.7 Å². The number of hydrogen-bond acceptors (Lipinski definition) is 6. The van der Waals surface area contributed by atoms with Crippen LogP contribution in [0, 0.1) is 0 Å². The van der Waals surface area contributed by atoms with Crippen molar-refractivity contribution in [3.8, 4) is 11.6 Å². The van der Waals surface area contributed by atoms with Gasteiger partial charge in [0.15, 0.2) is 0 Å². The molecule has 0 aliphatic heterocycles. The molecule has 0 aromatic carbocycles. The number of rotatable bonds is 6. The molecule has 1 amide bonds. The van der Waals surface area contributed by atoms with Gasteiger partial charge in [0.25, 0.3) is 5.91 Å². The summed E-state index contributed by atoms with van der Waals surface area (Å²) in [6.45, 7) is 0. The zero-order valence-electron chi connectivity index (χ0n) is 16.7. The van der Waals surface area contributed by atoms with Crippen LogP contribution in [0.25, 0.3) is 5.65 Å². The summed E-state index contributed by atoms with van der Waals surface area (Å²) >= 11 is 0. The summed E-state index contributed by atoms with van der Waals surface area (Å²) in [7, 11) is 4.82. The van der Waals surface area contributed by atoms with Crippen LogP contribution >= 0.6 is 0 Å². The van der Waals surface area contributed by atoms with Crippen molar-refractivity contribution in [2.75, 3.05) is 26.6 Å². The van der Waals surface area contributed by atoms with Gasteiger partial charge in [0, 0.05) is 37.6 Å². The number of nitrogens with one attached hydrogen (secondary N) is 1. The number of aromatic nitrogens is 3. The summed E-state index contributed by atoms with van der Waals surface area (Å²) in [6.07, 6.45) is 7.07. The van der Waals surface area contributed by atoms with E-state index in [2.05, 4.69) is 10.3 Å². The molecule has 0 saturated heterocycles. The maximum absolute atomic E-state index is 12.9. The van der Waals surface area contributed by atoms with Gasteiger partial charge in [-0.05, 0) is 25.3 Å². The highest BCUT2D eigenvalue weighted by atomic mass is 16.5. The molecule has 152 valence electrons. The van der Waals surface area contributed by atoms with Crippen LogP contribution in [0.5, 0.6) is 11.6 Å². The Kier molecular flexibility index (Phi) is 5.35. The quantitative estimate of drug-likeness (QED) is 0.688. The molecule has 1 aliphatic carbocycles. The first-order chi connectivity index (χ1) is 14.1. The van der Waals surface area contributed by atoms with Crippen LogP contribution in [0.2, 0.25) is 0 Å². The van der Waals surface area contributed by atoms with Crippen molar-refractivity contribution in [1.29, 1.82) is 0 Å². The number of fused-ring (bicyclic) bond motifs is 1. The van der Waals surface area contributed by atoms with Crippen LogP contribution in [0.4, 0.5) is 5.82 Å². The van der Waals surface area contributed by atoms with E-state index in [0.29, 0.717) is 28.9 Å². The molecule has 4 rings (SSSR count). The summed E-state index contributed by atoms with van der Waals surface area (Å²) in [6, 6.07) is 6.96. The van der Waals surface area contributed by atoms with Crippen LogP contribution in [0.3, 0.4) is 0 Å². The van der Waals surface area contributed by atoms with E-state index in [0.717, 1.165) is 30.6 Å². The highest BCUT2D eigenvalue weighted by Crippen LogP contribution is 2.35. The minimum absolute atomic E-state index is 0.288. The SMILES string of the molecule is COc1cccc(NC(=O)c2cn3cc(C4CCC(OC)C4)nc3cc2OC)n1. The number of methoxy groups -OCH3 is 3. The molecular weight excluding hydrogens is 372 g/mol. The minimum Gasteiger partial charge on any atom is -0.496 e. The second-order valence-electron chi connectivity index (χ2n) is 7.07. The summed E-state index contributed by atoms with van der Waals surface area (Å²) in [5.41, 5.74) is 2.15. The number of hydrogen-bond donors (Lipinski definition) is 1. The van der Waals surface area contributed by atoms with Gasteiger partial charge in [-0.3, -0.25) is 4.79 Å². The number of ether oxygens (including phenoxy) is 3. The smallest absolute Gasteiger partial charge is 0.262 e. The van der Waals surface area contributed by atoms with Gasteiger partial charge < -0.3 is 23.9 Å². The van der Waals surface area contributed by atoms with Gasteiger partial charge in [-0.2, -0.15) is 4.98 Å². The normalized spacial score (nSPS) is 18.7. The third-order valence-electron chi connectivity index (χ3n) is 5.35. The lowest BCUT2D eigenvalue weighted by Gasteiger charge is -2.10. The Labute approximate surface area is 168 Å². The Morgan fingerprint density at radius 1 is 1.14 bits per heavy atom. The predicted molar refractivity (Wildman–Crippen MR) is 108 cm³/mol. The lowest BCUT2D eigenvalue weighted by molar-refractivity contribution is 0.102. The number of carbonyl (C=O) groups excluding carboxylic acids is 1. The summed E-state index contributed by atoms with van der Waals surface area (Å²) in [5, 5.41) is 2.79. The number of nitrogens with zero attached hydrogens (tertiary/aromatic N) is 3. The topological polar surface area (TPSA) is 87.0 Å². The van der Waals surface area contributed by atoms with E-state index in [1.165, 1.54) is 14.2 Å². The Morgan fingerprint density at radius 3 is 2.72 bits per heavy atom. The van der Waals surface area contributed by atoms with Crippen molar-refractivity contribution < 1.29 is 19.0 Å². The van der Waals surface area contributed by atoms with Gasteiger partial charge in [0.05, 0.1) is 31.6 Å². The molecule has 1 saturated carbocycles. The molecular formula is C21H24N4O4. The monoisotopic (exact) mass is 396 g/mol. The fourth-order valence-electron chi connectivity index (χ4n) is 3.78. The average Bonchev–Trinajstić information content (AvgIpc) is 3.39. The van der Waals surface area contributed by atoms with Crippen molar-refractivity contribution in [3.63, 3.8) is 0 Å².